The van der Waals surface area contributed by atoms with E-state index >= 15 is 0 Å². The molecule has 1 atom stereocenters. The Morgan fingerprint density at radius 3 is 2.68 bits per heavy atom. The third-order valence-corrected chi connectivity index (χ3v) is 4.04. The van der Waals surface area contributed by atoms with E-state index in [4.69, 9.17) is 4.52 Å². The fraction of sp³-hybridized carbons (Fsp3) is 0.176. The van der Waals surface area contributed by atoms with Crippen LogP contribution in [0, 0.1) is 11.6 Å². The summed E-state index contributed by atoms with van der Waals surface area (Å²) < 4.78 is 31.9. The number of pyridine rings is 1. The van der Waals surface area contributed by atoms with E-state index < -0.39 is 23.6 Å². The van der Waals surface area contributed by atoms with Gasteiger partial charge >= 0.3 is 0 Å². The molecule has 1 unspecified atom stereocenters. The van der Waals surface area contributed by atoms with Crippen molar-refractivity contribution in [3.05, 3.63) is 65.8 Å². The van der Waals surface area contributed by atoms with Gasteiger partial charge in [-0.3, -0.25) is 9.78 Å². The molecule has 0 N–H and O–H groups in total. The van der Waals surface area contributed by atoms with E-state index in [-0.39, 0.29) is 11.5 Å². The number of rotatable bonds is 3. The summed E-state index contributed by atoms with van der Waals surface area (Å²) in [5, 5.41) is 3.90. The molecule has 1 aliphatic rings. The second kappa shape index (κ2) is 6.04. The molecule has 0 saturated carbocycles. The number of carbonyl (C=O) groups is 1. The van der Waals surface area contributed by atoms with Crippen molar-refractivity contribution in [1.82, 2.24) is 20.0 Å². The Hall–Kier alpha value is -3.16. The lowest BCUT2D eigenvalue weighted by Gasteiger charge is -2.38. The molecule has 0 aliphatic carbocycles. The van der Waals surface area contributed by atoms with Gasteiger partial charge in [-0.2, -0.15) is 4.98 Å². The minimum Gasteiger partial charge on any atom is -0.337 e. The zero-order valence-electron chi connectivity index (χ0n) is 12.9. The molecule has 0 radical (unpaired) electrons. The van der Waals surface area contributed by atoms with Gasteiger partial charge in [0.2, 0.25) is 11.7 Å². The van der Waals surface area contributed by atoms with Crippen LogP contribution in [-0.4, -0.2) is 32.5 Å². The van der Waals surface area contributed by atoms with Gasteiger partial charge in [-0.1, -0.05) is 5.16 Å². The predicted octanol–water partition coefficient (Wildman–Crippen LogP) is 3.00. The second-order valence-electron chi connectivity index (χ2n) is 5.66. The molecule has 8 heteroatoms. The molecule has 0 spiro atoms. The quantitative estimate of drug-likeness (QED) is 0.732. The Morgan fingerprint density at radius 1 is 1.24 bits per heavy atom. The van der Waals surface area contributed by atoms with Crippen LogP contribution < -0.4 is 0 Å². The average molecular weight is 342 g/mol. The largest absolute Gasteiger partial charge is 0.337 e. The van der Waals surface area contributed by atoms with Crippen molar-refractivity contribution < 1.29 is 18.1 Å². The van der Waals surface area contributed by atoms with Gasteiger partial charge in [-0.15, -0.1) is 0 Å². The smallest absolute Gasteiger partial charge is 0.254 e. The molecule has 4 rings (SSSR count). The van der Waals surface area contributed by atoms with Crippen LogP contribution in [0.2, 0.25) is 0 Å². The van der Waals surface area contributed by atoms with Gasteiger partial charge in [-0.05, 0) is 30.7 Å². The normalized spacial score (nSPS) is 16.6. The first kappa shape index (κ1) is 15.4. The monoisotopic (exact) mass is 342 g/mol. The molecular formula is C17H12F2N4O2. The Labute approximate surface area is 141 Å². The first-order chi connectivity index (χ1) is 12.1. The number of benzene rings is 1. The third-order valence-electron chi connectivity index (χ3n) is 4.04. The van der Waals surface area contributed by atoms with Crippen LogP contribution in [0.15, 0.2) is 47.2 Å². The van der Waals surface area contributed by atoms with Crippen molar-refractivity contribution >= 4 is 5.91 Å². The minimum atomic E-state index is -0.794. The third kappa shape index (κ3) is 2.86. The Bertz CT molecular complexity index is 909. The maximum absolute atomic E-state index is 13.3. The van der Waals surface area contributed by atoms with Gasteiger partial charge in [0.25, 0.3) is 5.91 Å². The summed E-state index contributed by atoms with van der Waals surface area (Å²) in [6.45, 7) is 0.451. The van der Waals surface area contributed by atoms with Crippen molar-refractivity contribution in [2.45, 2.75) is 12.5 Å². The molecule has 3 heterocycles. The summed E-state index contributed by atoms with van der Waals surface area (Å²) in [4.78, 5) is 22.2. The minimum absolute atomic E-state index is 0.0470. The maximum Gasteiger partial charge on any atom is 0.254 e. The van der Waals surface area contributed by atoms with Gasteiger partial charge in [0, 0.05) is 36.1 Å². The van der Waals surface area contributed by atoms with Gasteiger partial charge in [-0.25, -0.2) is 8.78 Å². The summed E-state index contributed by atoms with van der Waals surface area (Å²) in [7, 11) is 0. The molecule has 1 aromatic carbocycles. The van der Waals surface area contributed by atoms with Crippen molar-refractivity contribution in [3.63, 3.8) is 0 Å². The molecular weight excluding hydrogens is 330 g/mol. The Morgan fingerprint density at radius 2 is 2.04 bits per heavy atom. The highest BCUT2D eigenvalue weighted by atomic mass is 19.1. The Balaban J connectivity index is 1.56. The molecule has 126 valence electrons. The lowest BCUT2D eigenvalue weighted by Crippen LogP contribution is -2.45. The lowest BCUT2D eigenvalue weighted by molar-refractivity contribution is 0.0378. The zero-order valence-corrected chi connectivity index (χ0v) is 12.9. The molecule has 2 aromatic heterocycles. The summed E-state index contributed by atoms with van der Waals surface area (Å²) in [6, 6.07) is 5.88. The summed E-state index contributed by atoms with van der Waals surface area (Å²) in [5.41, 5.74) is 0.649. The van der Waals surface area contributed by atoms with E-state index in [0.29, 0.717) is 24.4 Å². The number of carbonyl (C=O) groups excluding carboxylic acids is 1. The molecule has 25 heavy (non-hydrogen) atoms. The number of hydrogen-bond acceptors (Lipinski definition) is 5. The first-order valence-electron chi connectivity index (χ1n) is 7.63. The SMILES string of the molecule is O=C(c1cc(F)cc(F)c1)N1CCC1c1nc(-c2cccnc2)no1. The number of nitrogens with zero attached hydrogens (tertiary/aromatic N) is 4. The predicted molar refractivity (Wildman–Crippen MR) is 82.3 cm³/mol. The standard InChI is InChI=1S/C17H12F2N4O2/c18-12-6-11(7-13(19)8-12)17(24)23-5-3-14(23)16-21-15(22-25-16)10-2-1-4-20-9-10/h1-2,4,6-9,14H,3,5H2. The van der Waals surface area contributed by atoms with Crippen LogP contribution in [0.3, 0.4) is 0 Å². The van der Waals surface area contributed by atoms with Crippen molar-refractivity contribution in [1.29, 1.82) is 0 Å². The topological polar surface area (TPSA) is 72.1 Å². The van der Waals surface area contributed by atoms with Crippen molar-refractivity contribution in [3.8, 4) is 11.4 Å². The van der Waals surface area contributed by atoms with Crippen LogP contribution in [0.25, 0.3) is 11.4 Å². The van der Waals surface area contributed by atoms with Gasteiger partial charge in [0.05, 0.1) is 0 Å². The van der Waals surface area contributed by atoms with Crippen LogP contribution in [0.1, 0.15) is 28.7 Å². The molecule has 1 saturated heterocycles. The van der Waals surface area contributed by atoms with E-state index in [2.05, 4.69) is 15.1 Å². The zero-order chi connectivity index (χ0) is 17.4. The van der Waals surface area contributed by atoms with Crippen molar-refractivity contribution in [2.75, 3.05) is 6.54 Å². The fourth-order valence-electron chi connectivity index (χ4n) is 2.71. The van der Waals surface area contributed by atoms with Gasteiger partial charge < -0.3 is 9.42 Å². The summed E-state index contributed by atoms with van der Waals surface area (Å²) in [6.07, 6.45) is 3.88. The van der Waals surface area contributed by atoms with E-state index in [1.54, 1.807) is 24.5 Å². The highest BCUT2D eigenvalue weighted by Crippen LogP contribution is 2.34. The maximum atomic E-state index is 13.3. The Kier molecular flexibility index (Phi) is 3.72. The number of amides is 1. The van der Waals surface area contributed by atoms with E-state index in [0.717, 1.165) is 18.2 Å². The van der Waals surface area contributed by atoms with Gasteiger partial charge in [0.1, 0.15) is 17.7 Å². The molecule has 6 nitrogen and oxygen atoms in total. The highest BCUT2D eigenvalue weighted by Gasteiger charge is 2.38. The first-order valence-corrected chi connectivity index (χ1v) is 7.63. The van der Waals surface area contributed by atoms with E-state index in [1.807, 2.05) is 0 Å². The van der Waals surface area contributed by atoms with Crippen LogP contribution in [0.5, 0.6) is 0 Å². The van der Waals surface area contributed by atoms with Crippen LogP contribution >= 0.6 is 0 Å². The van der Waals surface area contributed by atoms with E-state index in [1.165, 1.54) is 4.90 Å². The average Bonchev–Trinajstić information content (AvgIpc) is 3.03. The number of aromatic nitrogens is 3. The molecule has 0 bridgehead atoms. The number of halogens is 2. The van der Waals surface area contributed by atoms with E-state index in [9.17, 15) is 13.6 Å². The number of hydrogen-bond donors (Lipinski definition) is 0. The fourth-order valence-corrected chi connectivity index (χ4v) is 2.71. The highest BCUT2D eigenvalue weighted by molar-refractivity contribution is 5.95. The number of likely N-dealkylation sites (tertiary alicyclic amines) is 1. The lowest BCUT2D eigenvalue weighted by atomic mass is 10.0. The summed E-state index contributed by atoms with van der Waals surface area (Å²) >= 11 is 0. The van der Waals surface area contributed by atoms with Crippen LogP contribution in [0.4, 0.5) is 8.78 Å². The molecule has 1 fully saturated rings. The van der Waals surface area contributed by atoms with Crippen LogP contribution in [-0.2, 0) is 0 Å². The molecule has 1 amide bonds. The van der Waals surface area contributed by atoms with Crippen molar-refractivity contribution in [2.24, 2.45) is 0 Å². The molecule has 1 aliphatic heterocycles. The molecule has 3 aromatic rings. The van der Waals surface area contributed by atoms with Gasteiger partial charge in [0.15, 0.2) is 0 Å². The summed E-state index contributed by atoms with van der Waals surface area (Å²) in [5.74, 6) is -1.40. The second-order valence-corrected chi connectivity index (χ2v) is 5.66.